The van der Waals surface area contributed by atoms with Gasteiger partial charge in [0.25, 0.3) is 0 Å². The molecule has 0 aliphatic heterocycles. The molecule has 74 valence electrons. The molecule has 14 heavy (non-hydrogen) atoms. The topological polar surface area (TPSA) is 26.3 Å². The summed E-state index contributed by atoms with van der Waals surface area (Å²) in [5, 5.41) is 0. The fraction of sp³-hybridized carbons (Fsp3) is 0.250. The summed E-state index contributed by atoms with van der Waals surface area (Å²) in [5.41, 5.74) is 1.83. The SMILES string of the molecule is C=C(C=O)CCc1ccc(OC)cc1. The van der Waals surface area contributed by atoms with E-state index in [9.17, 15) is 4.79 Å². The third kappa shape index (κ3) is 3.05. The van der Waals surface area contributed by atoms with Crippen molar-refractivity contribution < 1.29 is 9.53 Å². The predicted octanol–water partition coefficient (Wildman–Crippen LogP) is 2.38. The molecule has 0 unspecified atom stereocenters. The molecule has 0 bridgehead atoms. The highest BCUT2D eigenvalue weighted by Gasteiger charge is 1.96. The first kappa shape index (κ1) is 10.5. The molecule has 2 nitrogen and oxygen atoms in total. The summed E-state index contributed by atoms with van der Waals surface area (Å²) >= 11 is 0. The van der Waals surface area contributed by atoms with Gasteiger partial charge in [0.05, 0.1) is 7.11 Å². The van der Waals surface area contributed by atoms with Crippen LogP contribution in [-0.2, 0) is 11.2 Å². The van der Waals surface area contributed by atoms with Crippen molar-refractivity contribution in [1.82, 2.24) is 0 Å². The number of hydrogen-bond donors (Lipinski definition) is 0. The fourth-order valence-corrected chi connectivity index (χ4v) is 1.16. The van der Waals surface area contributed by atoms with Gasteiger partial charge >= 0.3 is 0 Å². The molecular weight excluding hydrogens is 176 g/mol. The first-order valence-corrected chi connectivity index (χ1v) is 4.52. The van der Waals surface area contributed by atoms with Crippen LogP contribution in [0.25, 0.3) is 0 Å². The summed E-state index contributed by atoms with van der Waals surface area (Å²) in [7, 11) is 1.64. The molecule has 0 atom stereocenters. The normalized spacial score (nSPS) is 9.50. The molecule has 0 fully saturated rings. The minimum absolute atomic E-state index is 0.640. The lowest BCUT2D eigenvalue weighted by molar-refractivity contribution is -0.105. The van der Waals surface area contributed by atoms with E-state index >= 15 is 0 Å². The van der Waals surface area contributed by atoms with E-state index in [1.54, 1.807) is 7.11 Å². The molecule has 0 saturated heterocycles. The smallest absolute Gasteiger partial charge is 0.145 e. The number of aldehydes is 1. The molecule has 0 aliphatic carbocycles. The van der Waals surface area contributed by atoms with E-state index in [4.69, 9.17) is 4.74 Å². The Hall–Kier alpha value is -1.57. The minimum atomic E-state index is 0.640. The Labute approximate surface area is 84.2 Å². The third-order valence-electron chi connectivity index (χ3n) is 2.06. The maximum Gasteiger partial charge on any atom is 0.145 e. The summed E-state index contributed by atoms with van der Waals surface area (Å²) in [4.78, 5) is 10.3. The zero-order valence-corrected chi connectivity index (χ0v) is 8.32. The number of carbonyl (C=O) groups is 1. The van der Waals surface area contributed by atoms with Crippen molar-refractivity contribution in [2.45, 2.75) is 12.8 Å². The van der Waals surface area contributed by atoms with Gasteiger partial charge in [-0.2, -0.15) is 0 Å². The monoisotopic (exact) mass is 190 g/mol. The summed E-state index contributed by atoms with van der Waals surface area (Å²) in [6, 6.07) is 7.83. The van der Waals surface area contributed by atoms with E-state index in [-0.39, 0.29) is 0 Å². The van der Waals surface area contributed by atoms with Gasteiger partial charge in [0.1, 0.15) is 12.0 Å². The number of hydrogen-bond acceptors (Lipinski definition) is 2. The van der Waals surface area contributed by atoms with E-state index in [1.807, 2.05) is 24.3 Å². The lowest BCUT2D eigenvalue weighted by atomic mass is 10.1. The van der Waals surface area contributed by atoms with Crippen LogP contribution < -0.4 is 4.74 Å². The second-order valence-electron chi connectivity index (χ2n) is 3.12. The standard InChI is InChI=1S/C12H14O2/c1-10(9-13)3-4-11-5-7-12(14-2)8-6-11/h5-9H,1,3-4H2,2H3. The van der Waals surface area contributed by atoms with Crippen LogP contribution in [0.4, 0.5) is 0 Å². The van der Waals surface area contributed by atoms with Gasteiger partial charge in [0.15, 0.2) is 0 Å². The molecule has 2 heteroatoms. The maximum atomic E-state index is 10.3. The third-order valence-corrected chi connectivity index (χ3v) is 2.06. The molecule has 1 aromatic carbocycles. The van der Waals surface area contributed by atoms with Crippen LogP contribution in [0.1, 0.15) is 12.0 Å². The number of methoxy groups -OCH3 is 1. The van der Waals surface area contributed by atoms with E-state index in [0.29, 0.717) is 5.57 Å². The number of carbonyl (C=O) groups excluding carboxylic acids is 1. The highest BCUT2D eigenvalue weighted by atomic mass is 16.5. The van der Waals surface area contributed by atoms with E-state index in [0.717, 1.165) is 24.9 Å². The molecule has 0 radical (unpaired) electrons. The molecule has 0 N–H and O–H groups in total. The molecule has 0 aromatic heterocycles. The van der Waals surface area contributed by atoms with Gasteiger partial charge < -0.3 is 4.74 Å². The summed E-state index contributed by atoms with van der Waals surface area (Å²) in [5.74, 6) is 0.850. The van der Waals surface area contributed by atoms with Crippen LogP contribution in [-0.4, -0.2) is 13.4 Å². The van der Waals surface area contributed by atoms with Gasteiger partial charge in [-0.05, 0) is 36.1 Å². The number of rotatable bonds is 5. The first-order chi connectivity index (χ1) is 6.76. The summed E-state index contributed by atoms with van der Waals surface area (Å²) in [6.45, 7) is 3.63. The second-order valence-corrected chi connectivity index (χ2v) is 3.12. The predicted molar refractivity (Wildman–Crippen MR) is 56.5 cm³/mol. The molecule has 1 rings (SSSR count). The Morgan fingerprint density at radius 1 is 1.43 bits per heavy atom. The Bertz CT molecular complexity index is 312. The minimum Gasteiger partial charge on any atom is -0.497 e. The molecule has 0 aliphatic rings. The van der Waals surface area contributed by atoms with Crippen LogP contribution in [0.2, 0.25) is 0 Å². The number of aryl methyl sites for hydroxylation is 1. The van der Waals surface area contributed by atoms with Crippen LogP contribution in [0, 0.1) is 0 Å². The van der Waals surface area contributed by atoms with Crippen molar-refractivity contribution >= 4 is 6.29 Å². The first-order valence-electron chi connectivity index (χ1n) is 4.52. The summed E-state index contributed by atoms with van der Waals surface area (Å²) < 4.78 is 5.04. The van der Waals surface area contributed by atoms with Gasteiger partial charge in [-0.1, -0.05) is 18.7 Å². The lowest BCUT2D eigenvalue weighted by Gasteiger charge is -2.02. The van der Waals surface area contributed by atoms with Gasteiger partial charge in [0, 0.05) is 0 Å². The highest BCUT2D eigenvalue weighted by Crippen LogP contribution is 2.13. The van der Waals surface area contributed by atoms with E-state index in [1.165, 1.54) is 5.56 Å². The molecule has 0 saturated carbocycles. The molecule has 0 spiro atoms. The Balaban J connectivity index is 2.51. The van der Waals surface area contributed by atoms with Gasteiger partial charge in [-0.15, -0.1) is 0 Å². The largest absolute Gasteiger partial charge is 0.497 e. The van der Waals surface area contributed by atoms with Crippen molar-refractivity contribution in [3.63, 3.8) is 0 Å². The van der Waals surface area contributed by atoms with Gasteiger partial charge in [-0.3, -0.25) is 4.79 Å². The fourth-order valence-electron chi connectivity index (χ4n) is 1.16. The van der Waals surface area contributed by atoms with Crippen molar-refractivity contribution in [2.75, 3.05) is 7.11 Å². The average molecular weight is 190 g/mol. The number of benzene rings is 1. The lowest BCUT2D eigenvalue weighted by Crippen LogP contribution is -1.89. The summed E-state index contributed by atoms with van der Waals surface area (Å²) in [6.07, 6.45) is 2.38. The van der Waals surface area contributed by atoms with Crippen LogP contribution in [0.5, 0.6) is 5.75 Å². The zero-order chi connectivity index (χ0) is 10.4. The molecule has 0 heterocycles. The van der Waals surface area contributed by atoms with E-state index in [2.05, 4.69) is 6.58 Å². The Morgan fingerprint density at radius 3 is 2.57 bits per heavy atom. The average Bonchev–Trinajstić information content (AvgIpc) is 2.26. The van der Waals surface area contributed by atoms with Crippen molar-refractivity contribution in [3.05, 3.63) is 42.0 Å². The molecule has 0 amide bonds. The number of ether oxygens (including phenoxy) is 1. The molecule has 1 aromatic rings. The van der Waals surface area contributed by atoms with Crippen molar-refractivity contribution in [2.24, 2.45) is 0 Å². The second kappa shape index (κ2) is 5.22. The van der Waals surface area contributed by atoms with Gasteiger partial charge in [-0.25, -0.2) is 0 Å². The maximum absolute atomic E-state index is 10.3. The molecular formula is C12H14O2. The van der Waals surface area contributed by atoms with Crippen molar-refractivity contribution in [1.29, 1.82) is 0 Å². The van der Waals surface area contributed by atoms with E-state index < -0.39 is 0 Å². The Kier molecular flexibility index (Phi) is 3.92. The zero-order valence-electron chi connectivity index (χ0n) is 8.32. The number of allylic oxidation sites excluding steroid dienone is 1. The Morgan fingerprint density at radius 2 is 2.07 bits per heavy atom. The van der Waals surface area contributed by atoms with Crippen LogP contribution >= 0.6 is 0 Å². The van der Waals surface area contributed by atoms with Crippen molar-refractivity contribution in [3.8, 4) is 5.75 Å². The van der Waals surface area contributed by atoms with Crippen LogP contribution in [0.15, 0.2) is 36.4 Å². The van der Waals surface area contributed by atoms with Gasteiger partial charge in [0.2, 0.25) is 0 Å². The van der Waals surface area contributed by atoms with Crippen LogP contribution in [0.3, 0.4) is 0 Å². The highest BCUT2D eigenvalue weighted by molar-refractivity contribution is 5.71. The quantitative estimate of drug-likeness (QED) is 0.526.